The van der Waals surface area contributed by atoms with Gasteiger partial charge in [0.05, 0.1) is 26.4 Å². The molecule has 0 aliphatic heterocycles. The maximum atomic E-state index is 7.62. The van der Waals surface area contributed by atoms with Gasteiger partial charge in [0.1, 0.15) is 0 Å². The van der Waals surface area contributed by atoms with Crippen LogP contribution in [0.5, 0.6) is 0 Å². The summed E-state index contributed by atoms with van der Waals surface area (Å²) >= 11 is 0. The molecule has 4 N–H and O–H groups in total. The molecular weight excluding hydrogens is 328 g/mol. The Morgan fingerprint density at radius 1 is 0.423 bits per heavy atom. The Bertz CT molecular complexity index is 111. The molecule has 0 amide bonds. The summed E-state index contributed by atoms with van der Waals surface area (Å²) in [6, 6.07) is 0. The van der Waals surface area contributed by atoms with Gasteiger partial charge >= 0.3 is 0 Å². The molecule has 4 nitrogen and oxygen atoms in total. The number of hydrogen-bond acceptors (Lipinski definition) is 4. The zero-order valence-corrected chi connectivity index (χ0v) is 17.7. The average molecular weight is 377 g/mol. The van der Waals surface area contributed by atoms with E-state index in [1.165, 1.54) is 0 Å². The van der Waals surface area contributed by atoms with Gasteiger partial charge < -0.3 is 20.4 Å². The third-order valence-corrected chi connectivity index (χ3v) is 0.200. The first-order valence-corrected chi connectivity index (χ1v) is 7.24. The van der Waals surface area contributed by atoms with Crippen LogP contribution in [0.2, 0.25) is 0 Å². The van der Waals surface area contributed by atoms with E-state index in [9.17, 15) is 0 Å². The van der Waals surface area contributed by atoms with Crippen molar-refractivity contribution in [1.82, 2.24) is 0 Å². The number of aliphatic hydroxyl groups excluding tert-OH is 4. The van der Waals surface area contributed by atoms with Crippen LogP contribution < -0.4 is 0 Å². The molecule has 0 saturated carbocycles. The molecule has 160 valence electrons. The van der Waals surface area contributed by atoms with Gasteiger partial charge in [0.2, 0.25) is 0 Å². The maximum Gasteiger partial charge on any atom is 0.0662 e. The Morgan fingerprint density at radius 3 is 0.462 bits per heavy atom. The van der Waals surface area contributed by atoms with Crippen LogP contribution in [0.3, 0.4) is 0 Å². The lowest BCUT2D eigenvalue weighted by Crippen LogP contribution is -1.85. The Hall–Kier alpha value is -2.24. The van der Waals surface area contributed by atoms with E-state index in [0.29, 0.717) is 0 Å². The lowest BCUT2D eigenvalue weighted by atomic mass is 10.8. The van der Waals surface area contributed by atoms with E-state index < -0.39 is 0 Å². The largest absolute Gasteiger partial charge is 0.394 e. The summed E-state index contributed by atoms with van der Waals surface area (Å²) in [4.78, 5) is 0. The van der Waals surface area contributed by atoms with E-state index in [0.717, 1.165) is 0 Å². The number of rotatable bonds is 2. The number of aliphatic hydroxyl groups is 4. The summed E-state index contributed by atoms with van der Waals surface area (Å²) in [6.45, 7) is 46.0. The van der Waals surface area contributed by atoms with E-state index >= 15 is 0 Å². The highest BCUT2D eigenvalue weighted by atomic mass is 16.3. The Labute approximate surface area is 165 Å². The molecule has 0 fully saturated rings. The Kier molecular flexibility index (Phi) is 1910. The molecule has 0 radical (unpaired) electrons. The normalized spacial score (nSPS) is 4.23. The van der Waals surface area contributed by atoms with Crippen molar-refractivity contribution >= 4 is 0 Å². The first-order valence-electron chi connectivity index (χ1n) is 7.24. The fraction of sp³-hybridized carbons (Fsp3) is 0.273. The molecule has 0 rings (SSSR count). The van der Waals surface area contributed by atoms with E-state index in [1.54, 1.807) is 12.2 Å². The van der Waals surface area contributed by atoms with Crippen molar-refractivity contribution in [3.05, 3.63) is 104 Å². The predicted octanol–water partition coefficient (Wildman–Crippen LogP) is 5.14. The Morgan fingerprint density at radius 2 is 0.462 bits per heavy atom. The van der Waals surface area contributed by atoms with Gasteiger partial charge in [-0.15, -0.1) is 92.1 Å². The SMILES string of the molecule is C=C.C=C.C=C.C=C.C=C.C=C.C=CC.C=CC.OCCO.OCCO. The van der Waals surface area contributed by atoms with Crippen molar-refractivity contribution < 1.29 is 20.4 Å². The molecule has 4 heteroatoms. The van der Waals surface area contributed by atoms with Crippen LogP contribution in [0.15, 0.2) is 104 Å². The summed E-state index contributed by atoms with van der Waals surface area (Å²) in [6.07, 6.45) is 3.50. The molecule has 0 aromatic heterocycles. The molecule has 0 heterocycles. The first kappa shape index (κ1) is 65.0. The maximum absolute atomic E-state index is 7.62. The van der Waals surface area contributed by atoms with Crippen molar-refractivity contribution in [3.63, 3.8) is 0 Å². The van der Waals surface area contributed by atoms with Crippen LogP contribution in [0.4, 0.5) is 0 Å². The summed E-state index contributed by atoms with van der Waals surface area (Å²) in [5.74, 6) is 0. The predicted molar refractivity (Wildman–Crippen MR) is 128 cm³/mol. The van der Waals surface area contributed by atoms with Crippen LogP contribution in [0.25, 0.3) is 0 Å². The quantitative estimate of drug-likeness (QED) is 0.503. The molecule has 0 aromatic carbocycles. The fourth-order valence-corrected chi connectivity index (χ4v) is 0. The van der Waals surface area contributed by atoms with Crippen LogP contribution >= 0.6 is 0 Å². The van der Waals surface area contributed by atoms with Crippen LogP contribution in [-0.4, -0.2) is 46.9 Å². The molecule has 0 aliphatic carbocycles. The van der Waals surface area contributed by atoms with E-state index in [-0.39, 0.29) is 26.4 Å². The smallest absolute Gasteiger partial charge is 0.0662 e. The molecule has 0 bridgehead atoms. The van der Waals surface area contributed by atoms with Gasteiger partial charge in [0.25, 0.3) is 0 Å². The van der Waals surface area contributed by atoms with Gasteiger partial charge in [-0.2, -0.15) is 0 Å². The summed E-state index contributed by atoms with van der Waals surface area (Å²) in [7, 11) is 0. The highest BCUT2D eigenvalue weighted by Crippen LogP contribution is 1.40. The van der Waals surface area contributed by atoms with Crippen LogP contribution in [0, 0.1) is 0 Å². The van der Waals surface area contributed by atoms with Gasteiger partial charge in [0, 0.05) is 0 Å². The van der Waals surface area contributed by atoms with E-state index in [4.69, 9.17) is 20.4 Å². The van der Waals surface area contributed by atoms with Gasteiger partial charge in [-0.05, 0) is 13.8 Å². The fourth-order valence-electron chi connectivity index (χ4n) is 0. The molecule has 0 atom stereocenters. The van der Waals surface area contributed by atoms with Gasteiger partial charge in [-0.25, -0.2) is 0 Å². The van der Waals surface area contributed by atoms with Gasteiger partial charge in [-0.3, -0.25) is 0 Å². The average Bonchev–Trinajstić information content (AvgIpc) is 2.77. The Balaban J connectivity index is -0.0000000139. The minimum Gasteiger partial charge on any atom is -0.394 e. The van der Waals surface area contributed by atoms with E-state index in [1.807, 2.05) is 13.8 Å². The first-order chi connectivity index (χ1) is 12.7. The molecule has 0 spiro atoms. The molecular formula is C22H48O4. The van der Waals surface area contributed by atoms with Crippen LogP contribution in [-0.2, 0) is 0 Å². The second kappa shape index (κ2) is 762. The molecule has 26 heavy (non-hydrogen) atoms. The summed E-state index contributed by atoms with van der Waals surface area (Å²) in [5.41, 5.74) is 0. The number of allylic oxidation sites excluding steroid dienone is 2. The van der Waals surface area contributed by atoms with Crippen molar-refractivity contribution in [2.45, 2.75) is 13.8 Å². The van der Waals surface area contributed by atoms with Crippen molar-refractivity contribution in [3.8, 4) is 0 Å². The van der Waals surface area contributed by atoms with Crippen molar-refractivity contribution in [1.29, 1.82) is 0 Å². The van der Waals surface area contributed by atoms with Crippen molar-refractivity contribution in [2.24, 2.45) is 0 Å². The zero-order valence-electron chi connectivity index (χ0n) is 17.7. The number of hydrogen-bond donors (Lipinski definition) is 4. The minimum absolute atomic E-state index is 0.125. The molecule has 0 saturated heterocycles. The standard InChI is InChI=1S/2C3H6.2C2H6O2.6C2H4/c2*1-3-2;2*3-1-2-4;6*1-2/h2*3H,1H2,2H3;2*3-4H,1-2H2;6*1-2H2. The lowest BCUT2D eigenvalue weighted by Gasteiger charge is -1.70. The zero-order chi connectivity index (χ0) is 24.2. The summed E-state index contributed by atoms with van der Waals surface area (Å²) < 4.78 is 0. The molecule has 0 aliphatic rings. The van der Waals surface area contributed by atoms with Crippen LogP contribution in [0.1, 0.15) is 13.8 Å². The second-order valence-corrected chi connectivity index (χ2v) is 1.71. The minimum atomic E-state index is -0.125. The highest BCUT2D eigenvalue weighted by Gasteiger charge is 1.58. The van der Waals surface area contributed by atoms with Crippen molar-refractivity contribution in [2.75, 3.05) is 26.4 Å². The topological polar surface area (TPSA) is 80.9 Å². The van der Waals surface area contributed by atoms with E-state index in [2.05, 4.69) is 92.1 Å². The molecule has 0 unspecified atom stereocenters. The summed E-state index contributed by atoms with van der Waals surface area (Å²) in [5, 5.41) is 30.5. The second-order valence-electron chi connectivity index (χ2n) is 1.71. The molecule has 0 aromatic rings. The third-order valence-electron chi connectivity index (χ3n) is 0.200. The third kappa shape index (κ3) is 163000. The van der Waals surface area contributed by atoms with Gasteiger partial charge in [-0.1, -0.05) is 12.2 Å². The van der Waals surface area contributed by atoms with Gasteiger partial charge in [0.15, 0.2) is 0 Å². The lowest BCUT2D eigenvalue weighted by molar-refractivity contribution is 0.186. The highest BCUT2D eigenvalue weighted by molar-refractivity contribution is 4.52. The monoisotopic (exact) mass is 376 g/mol.